The molecule has 0 amide bonds. The molecule has 5 nitrogen and oxygen atoms in total. The summed E-state index contributed by atoms with van der Waals surface area (Å²) in [4.78, 5) is 12.0. The molecule has 0 aromatic heterocycles. The second-order valence-corrected chi connectivity index (χ2v) is 12.5. The van der Waals surface area contributed by atoms with E-state index in [4.69, 9.17) is 10.5 Å². The number of hydrogen-bond donors (Lipinski definition) is 3. The Morgan fingerprint density at radius 1 is 0.634 bits per heavy atom. The zero-order valence-corrected chi connectivity index (χ0v) is 27.5. The molecule has 5 heteroatoms. The summed E-state index contributed by atoms with van der Waals surface area (Å²) in [6.45, 7) is 4.55. The first-order chi connectivity index (χ1) is 20.0. The maximum atomic E-state index is 12.0. The van der Waals surface area contributed by atoms with Crippen molar-refractivity contribution in [2.24, 2.45) is 5.73 Å². The maximum absolute atomic E-state index is 12.0. The predicted molar refractivity (Wildman–Crippen MR) is 176 cm³/mol. The fourth-order valence-electron chi connectivity index (χ4n) is 5.33. The molecule has 0 aromatic rings. The summed E-state index contributed by atoms with van der Waals surface area (Å²) < 4.78 is 5.29. The first-order valence-electron chi connectivity index (χ1n) is 17.9. The van der Waals surface area contributed by atoms with Crippen molar-refractivity contribution in [3.8, 4) is 0 Å². The van der Waals surface area contributed by atoms with E-state index < -0.39 is 12.1 Å². The van der Waals surface area contributed by atoms with E-state index in [1.807, 2.05) is 6.08 Å². The van der Waals surface area contributed by atoms with E-state index in [0.717, 1.165) is 57.8 Å². The normalized spacial score (nSPS) is 14.0. The van der Waals surface area contributed by atoms with Crippen molar-refractivity contribution in [3.63, 3.8) is 0 Å². The number of unbranched alkanes of at least 4 members (excludes halogenated alkanes) is 21. The number of hydrogen-bond acceptors (Lipinski definition) is 5. The molecule has 0 aliphatic heterocycles. The van der Waals surface area contributed by atoms with Crippen LogP contribution in [0.1, 0.15) is 187 Å². The molecule has 0 radical (unpaired) electrons. The Kier molecular flexibility index (Phi) is 31.3. The van der Waals surface area contributed by atoms with Crippen LogP contribution in [0.4, 0.5) is 0 Å². The van der Waals surface area contributed by atoms with Crippen LogP contribution in [0.2, 0.25) is 0 Å². The summed E-state index contributed by atoms with van der Waals surface area (Å²) in [5, 5.41) is 20.3. The van der Waals surface area contributed by atoms with Gasteiger partial charge in [0.25, 0.3) is 0 Å². The predicted octanol–water partition coefficient (Wildman–Crippen LogP) is 9.71. The number of rotatable bonds is 32. The molecule has 3 atom stereocenters. The number of nitrogens with two attached hydrogens (primary N) is 1. The molecule has 244 valence electrons. The minimum absolute atomic E-state index is 0.0657. The average molecular weight is 582 g/mol. The van der Waals surface area contributed by atoms with Crippen LogP contribution in [-0.4, -0.2) is 41.0 Å². The fraction of sp³-hybridized carbons (Fsp3) is 0.917. The van der Waals surface area contributed by atoms with Crippen molar-refractivity contribution in [1.82, 2.24) is 0 Å². The van der Waals surface area contributed by atoms with Crippen molar-refractivity contribution in [2.45, 2.75) is 205 Å². The smallest absolute Gasteiger partial charge is 0.305 e. The Bertz CT molecular complexity index is 568. The molecule has 0 bridgehead atoms. The molecule has 0 spiro atoms. The van der Waals surface area contributed by atoms with Crippen LogP contribution >= 0.6 is 0 Å². The molecule has 0 rings (SSSR count). The zero-order valence-electron chi connectivity index (χ0n) is 27.5. The average Bonchev–Trinajstić information content (AvgIpc) is 2.97. The van der Waals surface area contributed by atoms with Crippen LogP contribution < -0.4 is 5.73 Å². The summed E-state index contributed by atoms with van der Waals surface area (Å²) >= 11 is 0. The molecule has 0 aliphatic carbocycles. The Morgan fingerprint density at radius 3 is 1.56 bits per heavy atom. The van der Waals surface area contributed by atoms with Crippen molar-refractivity contribution in [1.29, 1.82) is 0 Å². The van der Waals surface area contributed by atoms with Crippen LogP contribution in [0.3, 0.4) is 0 Å². The van der Waals surface area contributed by atoms with E-state index in [0.29, 0.717) is 6.42 Å². The van der Waals surface area contributed by atoms with Crippen LogP contribution in [-0.2, 0) is 9.53 Å². The topological polar surface area (TPSA) is 92.8 Å². The molecule has 41 heavy (non-hydrogen) atoms. The second kappa shape index (κ2) is 32.0. The van der Waals surface area contributed by atoms with E-state index in [9.17, 15) is 15.0 Å². The minimum Gasteiger partial charge on any atom is -0.464 e. The van der Waals surface area contributed by atoms with Crippen LogP contribution in [0.5, 0.6) is 0 Å². The molecule has 4 N–H and O–H groups in total. The Hall–Kier alpha value is -0.910. The van der Waals surface area contributed by atoms with Crippen molar-refractivity contribution in [3.05, 3.63) is 12.2 Å². The standard InChI is InChI=1S/C36H71NO4/c1-3-5-7-9-10-11-12-13-14-15-19-22-26-30-35(39)34(37)32-41-36(40)31-27-23-20-17-16-18-21-25-29-33(38)28-24-8-6-4-2/h26,30,33-35,38-39H,3-25,27-29,31-32,37H2,1-2H3. The van der Waals surface area contributed by atoms with Gasteiger partial charge in [-0.3, -0.25) is 4.79 Å². The Morgan fingerprint density at radius 2 is 1.05 bits per heavy atom. The molecule has 0 fully saturated rings. The SMILES string of the molecule is CCCCCCCCCCCCCC=CC(O)C(N)COC(=O)CCCCCCCCCCC(O)CCCCCC. The lowest BCUT2D eigenvalue weighted by atomic mass is 10.0. The molecule has 0 saturated carbocycles. The highest BCUT2D eigenvalue weighted by Gasteiger charge is 2.14. The number of esters is 1. The summed E-state index contributed by atoms with van der Waals surface area (Å²) in [6, 6.07) is -0.574. The summed E-state index contributed by atoms with van der Waals surface area (Å²) in [7, 11) is 0. The summed E-state index contributed by atoms with van der Waals surface area (Å²) in [5.41, 5.74) is 6.01. The van der Waals surface area contributed by atoms with Crippen LogP contribution in [0.15, 0.2) is 12.2 Å². The third-order valence-electron chi connectivity index (χ3n) is 8.24. The van der Waals surface area contributed by atoms with Crippen LogP contribution in [0, 0.1) is 0 Å². The van der Waals surface area contributed by atoms with Gasteiger partial charge in [0.15, 0.2) is 0 Å². The van der Waals surface area contributed by atoms with E-state index >= 15 is 0 Å². The quantitative estimate of drug-likeness (QED) is 0.0418. The molecular weight excluding hydrogens is 510 g/mol. The number of aliphatic hydroxyl groups is 2. The molecular formula is C36H71NO4. The van der Waals surface area contributed by atoms with Gasteiger partial charge in [-0.05, 0) is 32.1 Å². The van der Waals surface area contributed by atoms with Gasteiger partial charge >= 0.3 is 5.97 Å². The summed E-state index contributed by atoms with van der Waals surface area (Å²) in [6.07, 6.45) is 34.8. The van der Waals surface area contributed by atoms with Gasteiger partial charge in [-0.1, -0.05) is 161 Å². The first-order valence-corrected chi connectivity index (χ1v) is 17.9. The van der Waals surface area contributed by atoms with Gasteiger partial charge in [0.2, 0.25) is 0 Å². The van der Waals surface area contributed by atoms with Gasteiger partial charge in [0.05, 0.1) is 18.2 Å². The third-order valence-corrected chi connectivity index (χ3v) is 8.24. The number of allylic oxidation sites excluding steroid dienone is 1. The summed E-state index contributed by atoms with van der Waals surface area (Å²) in [5.74, 6) is -0.217. The van der Waals surface area contributed by atoms with Crippen LogP contribution in [0.25, 0.3) is 0 Å². The van der Waals surface area contributed by atoms with Gasteiger partial charge in [-0.25, -0.2) is 0 Å². The largest absolute Gasteiger partial charge is 0.464 e. The molecule has 3 unspecified atom stereocenters. The van der Waals surface area contributed by atoms with Crippen molar-refractivity contribution < 1.29 is 19.7 Å². The lowest BCUT2D eigenvalue weighted by Crippen LogP contribution is -2.38. The zero-order chi connectivity index (χ0) is 30.2. The van der Waals surface area contributed by atoms with E-state index in [1.165, 1.54) is 109 Å². The monoisotopic (exact) mass is 582 g/mol. The fourth-order valence-corrected chi connectivity index (χ4v) is 5.33. The van der Waals surface area contributed by atoms with Gasteiger partial charge in [-0.15, -0.1) is 0 Å². The van der Waals surface area contributed by atoms with E-state index in [-0.39, 0.29) is 18.7 Å². The number of carbonyl (C=O) groups is 1. The van der Waals surface area contributed by atoms with Gasteiger partial charge < -0.3 is 20.7 Å². The highest BCUT2D eigenvalue weighted by Crippen LogP contribution is 2.15. The van der Waals surface area contributed by atoms with Crippen molar-refractivity contribution in [2.75, 3.05) is 6.61 Å². The molecule has 0 aliphatic rings. The molecule has 0 saturated heterocycles. The molecule has 0 aromatic carbocycles. The van der Waals surface area contributed by atoms with Crippen molar-refractivity contribution >= 4 is 5.97 Å². The lowest BCUT2D eigenvalue weighted by molar-refractivity contribution is -0.144. The maximum Gasteiger partial charge on any atom is 0.305 e. The van der Waals surface area contributed by atoms with Gasteiger partial charge in [0, 0.05) is 6.42 Å². The first kappa shape index (κ1) is 40.1. The highest BCUT2D eigenvalue weighted by atomic mass is 16.5. The Balaban J connectivity index is 3.51. The second-order valence-electron chi connectivity index (χ2n) is 12.5. The lowest BCUT2D eigenvalue weighted by Gasteiger charge is -2.15. The highest BCUT2D eigenvalue weighted by molar-refractivity contribution is 5.69. The number of carbonyl (C=O) groups excluding carboxylic acids is 1. The molecule has 0 heterocycles. The van der Waals surface area contributed by atoms with E-state index in [2.05, 4.69) is 13.8 Å². The van der Waals surface area contributed by atoms with E-state index in [1.54, 1.807) is 6.08 Å². The van der Waals surface area contributed by atoms with Gasteiger partial charge in [0.1, 0.15) is 6.61 Å². The van der Waals surface area contributed by atoms with Gasteiger partial charge in [-0.2, -0.15) is 0 Å². The minimum atomic E-state index is -0.774. The third kappa shape index (κ3) is 30.4. The Labute approximate surface area is 255 Å². The number of ether oxygens (including phenoxy) is 1. The number of aliphatic hydroxyl groups excluding tert-OH is 2.